The summed E-state index contributed by atoms with van der Waals surface area (Å²) in [6, 6.07) is 0.853. The topological polar surface area (TPSA) is 76.5 Å². The zero-order valence-electron chi connectivity index (χ0n) is 9.65. The number of ether oxygens (including phenoxy) is 1. The Morgan fingerprint density at radius 2 is 2.00 bits per heavy atom. The summed E-state index contributed by atoms with van der Waals surface area (Å²) in [7, 11) is 0. The zero-order chi connectivity index (χ0) is 13.2. The third-order valence-electron chi connectivity index (χ3n) is 1.69. The van der Waals surface area contributed by atoms with E-state index in [1.54, 1.807) is 20.8 Å². The van der Waals surface area contributed by atoms with Crippen molar-refractivity contribution in [3.63, 3.8) is 0 Å². The smallest absolute Gasteiger partial charge is 0.357 e. The molecule has 0 aromatic carbocycles. The van der Waals surface area contributed by atoms with Crippen molar-refractivity contribution in [3.8, 4) is 0 Å². The number of esters is 1. The van der Waals surface area contributed by atoms with Gasteiger partial charge >= 0.3 is 11.9 Å². The number of nitrogens with zero attached hydrogens (tertiary/aromatic N) is 1. The van der Waals surface area contributed by atoms with Crippen LogP contribution in [0.1, 0.15) is 41.6 Å². The lowest BCUT2D eigenvalue weighted by atomic mass is 10.2. The number of rotatable bonds is 2. The highest BCUT2D eigenvalue weighted by Gasteiger charge is 2.21. The number of hydrogen-bond acceptors (Lipinski definition) is 4. The summed E-state index contributed by atoms with van der Waals surface area (Å²) in [5, 5.41) is 8.68. The Kier molecular flexibility index (Phi) is 3.45. The molecule has 6 heteroatoms. The summed E-state index contributed by atoms with van der Waals surface area (Å²) < 4.78 is 18.0. The SMILES string of the molecule is CC(C)(C)OC(=O)c1cc(C(=O)O)c(F)cn1. The Morgan fingerprint density at radius 3 is 2.47 bits per heavy atom. The molecule has 0 aliphatic carbocycles. The van der Waals surface area contributed by atoms with Gasteiger partial charge in [-0.05, 0) is 26.8 Å². The third-order valence-corrected chi connectivity index (χ3v) is 1.69. The van der Waals surface area contributed by atoms with Gasteiger partial charge in [0.15, 0.2) is 5.82 Å². The van der Waals surface area contributed by atoms with E-state index in [-0.39, 0.29) is 5.69 Å². The zero-order valence-corrected chi connectivity index (χ0v) is 9.65. The quantitative estimate of drug-likeness (QED) is 0.800. The van der Waals surface area contributed by atoms with Crippen LogP contribution in [0.4, 0.5) is 4.39 Å². The summed E-state index contributed by atoms with van der Waals surface area (Å²) in [5.41, 5.74) is -1.57. The van der Waals surface area contributed by atoms with Crippen LogP contribution in [0.25, 0.3) is 0 Å². The molecule has 92 valence electrons. The van der Waals surface area contributed by atoms with Gasteiger partial charge < -0.3 is 9.84 Å². The van der Waals surface area contributed by atoms with Gasteiger partial charge in [-0.2, -0.15) is 0 Å². The maximum atomic E-state index is 13.0. The van der Waals surface area contributed by atoms with E-state index in [0.29, 0.717) is 6.20 Å². The molecule has 0 unspecified atom stereocenters. The highest BCUT2D eigenvalue weighted by Crippen LogP contribution is 2.13. The van der Waals surface area contributed by atoms with E-state index < -0.39 is 28.9 Å². The molecule has 0 amide bonds. The molecule has 0 radical (unpaired) electrons. The van der Waals surface area contributed by atoms with Gasteiger partial charge in [0.05, 0.1) is 11.8 Å². The highest BCUT2D eigenvalue weighted by atomic mass is 19.1. The molecule has 5 nitrogen and oxygen atoms in total. The monoisotopic (exact) mass is 241 g/mol. The molecule has 1 heterocycles. The first kappa shape index (κ1) is 13.1. The summed E-state index contributed by atoms with van der Waals surface area (Å²) >= 11 is 0. The van der Waals surface area contributed by atoms with Crippen LogP contribution in [0.15, 0.2) is 12.3 Å². The standard InChI is InChI=1S/C11H12FNO4/c1-11(2,3)17-10(16)8-4-6(9(14)15)7(12)5-13-8/h4-5H,1-3H3,(H,14,15). The Morgan fingerprint density at radius 1 is 1.41 bits per heavy atom. The van der Waals surface area contributed by atoms with Gasteiger partial charge in [-0.1, -0.05) is 0 Å². The van der Waals surface area contributed by atoms with E-state index in [4.69, 9.17) is 9.84 Å². The Bertz CT molecular complexity index is 465. The molecule has 0 spiro atoms. The first-order valence-electron chi connectivity index (χ1n) is 4.83. The second kappa shape index (κ2) is 4.48. The molecule has 17 heavy (non-hydrogen) atoms. The predicted octanol–water partition coefficient (Wildman–Crippen LogP) is 1.87. The van der Waals surface area contributed by atoms with E-state index in [0.717, 1.165) is 6.07 Å². The van der Waals surface area contributed by atoms with E-state index in [1.807, 2.05) is 0 Å². The predicted molar refractivity (Wildman–Crippen MR) is 56.3 cm³/mol. The number of hydrogen-bond donors (Lipinski definition) is 1. The van der Waals surface area contributed by atoms with Gasteiger partial charge in [0.25, 0.3) is 0 Å². The number of pyridine rings is 1. The van der Waals surface area contributed by atoms with E-state index in [1.165, 1.54) is 0 Å². The van der Waals surface area contributed by atoms with Crippen LogP contribution in [0.5, 0.6) is 0 Å². The van der Waals surface area contributed by atoms with Crippen molar-refractivity contribution >= 4 is 11.9 Å². The van der Waals surface area contributed by atoms with Crippen LogP contribution in [-0.4, -0.2) is 27.6 Å². The normalized spacial score (nSPS) is 11.1. The van der Waals surface area contributed by atoms with Crippen LogP contribution < -0.4 is 0 Å². The van der Waals surface area contributed by atoms with Crippen molar-refractivity contribution in [1.29, 1.82) is 0 Å². The molecule has 0 aliphatic rings. The second-order valence-electron chi connectivity index (χ2n) is 4.36. The lowest BCUT2D eigenvalue weighted by molar-refractivity contribution is 0.00627. The summed E-state index contributed by atoms with van der Waals surface area (Å²) in [6.07, 6.45) is 0.683. The van der Waals surface area contributed by atoms with Gasteiger partial charge in [-0.15, -0.1) is 0 Å². The fourth-order valence-electron chi connectivity index (χ4n) is 1.04. The lowest BCUT2D eigenvalue weighted by Gasteiger charge is -2.19. The van der Waals surface area contributed by atoms with Crippen molar-refractivity contribution in [2.75, 3.05) is 0 Å². The maximum absolute atomic E-state index is 13.0. The molecule has 0 bridgehead atoms. The molecular weight excluding hydrogens is 229 g/mol. The number of carbonyl (C=O) groups excluding carboxylic acids is 1. The average Bonchev–Trinajstić information content (AvgIpc) is 2.14. The Balaban J connectivity index is 3.04. The summed E-state index contributed by atoms with van der Waals surface area (Å²) in [5.74, 6) is -3.25. The van der Waals surface area contributed by atoms with Gasteiger partial charge in [0, 0.05) is 0 Å². The molecule has 0 aliphatic heterocycles. The van der Waals surface area contributed by atoms with E-state index >= 15 is 0 Å². The first-order valence-corrected chi connectivity index (χ1v) is 4.83. The van der Waals surface area contributed by atoms with Crippen LogP contribution in [0.3, 0.4) is 0 Å². The highest BCUT2D eigenvalue weighted by molar-refractivity contribution is 5.93. The number of carbonyl (C=O) groups is 2. The van der Waals surface area contributed by atoms with Gasteiger partial charge in [-0.3, -0.25) is 0 Å². The minimum absolute atomic E-state index is 0.237. The molecule has 0 saturated heterocycles. The minimum Gasteiger partial charge on any atom is -0.478 e. The van der Waals surface area contributed by atoms with Crippen LogP contribution in [0.2, 0.25) is 0 Å². The molecule has 0 saturated carbocycles. The Labute approximate surface area is 97.2 Å². The fraction of sp³-hybridized carbons (Fsp3) is 0.364. The number of carboxylic acid groups (broad SMARTS) is 1. The van der Waals surface area contributed by atoms with Crippen LogP contribution >= 0.6 is 0 Å². The summed E-state index contributed by atoms with van der Waals surface area (Å²) in [6.45, 7) is 4.98. The number of carboxylic acids is 1. The molecule has 0 atom stereocenters. The summed E-state index contributed by atoms with van der Waals surface area (Å²) in [4.78, 5) is 25.7. The molecule has 1 aromatic rings. The molecule has 0 fully saturated rings. The number of halogens is 1. The van der Waals surface area contributed by atoms with Crippen LogP contribution in [-0.2, 0) is 4.74 Å². The van der Waals surface area contributed by atoms with Crippen molar-refractivity contribution in [2.45, 2.75) is 26.4 Å². The van der Waals surface area contributed by atoms with Crippen molar-refractivity contribution in [2.24, 2.45) is 0 Å². The van der Waals surface area contributed by atoms with Crippen molar-refractivity contribution < 1.29 is 23.8 Å². The van der Waals surface area contributed by atoms with Crippen molar-refractivity contribution in [3.05, 3.63) is 29.3 Å². The fourth-order valence-corrected chi connectivity index (χ4v) is 1.04. The lowest BCUT2D eigenvalue weighted by Crippen LogP contribution is -2.24. The Hall–Kier alpha value is -1.98. The third kappa shape index (κ3) is 3.51. The van der Waals surface area contributed by atoms with Crippen LogP contribution in [0, 0.1) is 5.82 Å². The van der Waals surface area contributed by atoms with Gasteiger partial charge in [-0.25, -0.2) is 19.0 Å². The number of aromatic carboxylic acids is 1. The average molecular weight is 241 g/mol. The van der Waals surface area contributed by atoms with E-state index in [2.05, 4.69) is 4.98 Å². The van der Waals surface area contributed by atoms with E-state index in [9.17, 15) is 14.0 Å². The first-order chi connectivity index (χ1) is 7.70. The molecule has 1 aromatic heterocycles. The molecule has 1 rings (SSSR count). The second-order valence-corrected chi connectivity index (χ2v) is 4.36. The number of aromatic nitrogens is 1. The van der Waals surface area contributed by atoms with Crippen molar-refractivity contribution in [1.82, 2.24) is 4.98 Å². The molecule has 1 N–H and O–H groups in total. The minimum atomic E-state index is -1.46. The maximum Gasteiger partial charge on any atom is 0.357 e. The largest absolute Gasteiger partial charge is 0.478 e. The molecular formula is C11H12FNO4. The van der Waals surface area contributed by atoms with Gasteiger partial charge in [0.2, 0.25) is 0 Å². The van der Waals surface area contributed by atoms with Gasteiger partial charge in [0.1, 0.15) is 11.3 Å².